The number of nitrogens with one attached hydrogen (secondary N) is 2. The molecular formula is C17H29N5O. The maximum absolute atomic E-state index is 5.07. The van der Waals surface area contributed by atoms with Crippen LogP contribution in [0.25, 0.3) is 0 Å². The van der Waals surface area contributed by atoms with Gasteiger partial charge in [0, 0.05) is 31.9 Å². The molecule has 2 rings (SSSR count). The summed E-state index contributed by atoms with van der Waals surface area (Å²) >= 11 is 0. The van der Waals surface area contributed by atoms with Crippen molar-refractivity contribution in [1.82, 2.24) is 20.5 Å². The average molecular weight is 319 g/mol. The van der Waals surface area contributed by atoms with E-state index in [0.717, 1.165) is 31.2 Å². The number of hydrogen-bond donors (Lipinski definition) is 2. The summed E-state index contributed by atoms with van der Waals surface area (Å²) in [5, 5.41) is 6.70. The number of likely N-dealkylation sites (tertiary alicyclic amines) is 1. The van der Waals surface area contributed by atoms with E-state index in [9.17, 15) is 0 Å². The Bertz CT molecular complexity index is 468. The van der Waals surface area contributed by atoms with Crippen LogP contribution in [0.4, 0.5) is 0 Å². The van der Waals surface area contributed by atoms with E-state index in [1.165, 1.54) is 32.4 Å². The number of piperidine rings is 1. The molecule has 0 spiro atoms. The van der Waals surface area contributed by atoms with Gasteiger partial charge in [-0.3, -0.25) is 0 Å². The second-order valence-corrected chi connectivity index (χ2v) is 5.73. The van der Waals surface area contributed by atoms with Crippen molar-refractivity contribution >= 4 is 5.96 Å². The van der Waals surface area contributed by atoms with Crippen LogP contribution < -0.4 is 15.4 Å². The van der Waals surface area contributed by atoms with Gasteiger partial charge in [-0.25, -0.2) is 9.98 Å². The summed E-state index contributed by atoms with van der Waals surface area (Å²) in [7, 11) is 1.62. The topological polar surface area (TPSA) is 61.8 Å². The number of pyridine rings is 1. The van der Waals surface area contributed by atoms with E-state index in [0.29, 0.717) is 12.4 Å². The summed E-state index contributed by atoms with van der Waals surface area (Å²) in [6.45, 7) is 8.00. The summed E-state index contributed by atoms with van der Waals surface area (Å²) in [5.74, 6) is 1.49. The van der Waals surface area contributed by atoms with E-state index in [1.54, 1.807) is 13.3 Å². The first-order valence-electron chi connectivity index (χ1n) is 8.55. The van der Waals surface area contributed by atoms with Crippen LogP contribution in [-0.4, -0.2) is 55.7 Å². The molecule has 0 amide bonds. The van der Waals surface area contributed by atoms with Crippen molar-refractivity contribution < 1.29 is 4.74 Å². The molecule has 0 saturated carbocycles. The number of aromatic nitrogens is 1. The molecule has 6 heteroatoms. The standard InChI is InChI=1S/C17H29N5O/c1-3-18-17(19-9-12-22-10-5-4-6-11-22)21-14-15-7-8-16(23-2)20-13-15/h7-8,13H,3-6,9-12,14H2,1-2H3,(H2,18,19,21). The van der Waals surface area contributed by atoms with Gasteiger partial charge in [0.2, 0.25) is 5.88 Å². The fourth-order valence-corrected chi connectivity index (χ4v) is 2.65. The first-order valence-corrected chi connectivity index (χ1v) is 8.55. The molecule has 128 valence electrons. The molecule has 1 aromatic heterocycles. The van der Waals surface area contributed by atoms with Crippen LogP contribution >= 0.6 is 0 Å². The smallest absolute Gasteiger partial charge is 0.212 e. The summed E-state index contributed by atoms with van der Waals surface area (Å²) in [6.07, 6.45) is 5.85. The molecule has 0 atom stereocenters. The third-order valence-corrected chi connectivity index (χ3v) is 3.94. The number of hydrogen-bond acceptors (Lipinski definition) is 4. The fraction of sp³-hybridized carbons (Fsp3) is 0.647. The van der Waals surface area contributed by atoms with Crippen molar-refractivity contribution in [2.75, 3.05) is 39.8 Å². The molecule has 1 aliphatic heterocycles. The van der Waals surface area contributed by atoms with Gasteiger partial charge < -0.3 is 20.3 Å². The van der Waals surface area contributed by atoms with Crippen LogP contribution in [-0.2, 0) is 6.54 Å². The minimum atomic E-state index is 0.607. The lowest BCUT2D eigenvalue weighted by molar-refractivity contribution is 0.232. The predicted molar refractivity (Wildman–Crippen MR) is 93.9 cm³/mol. The Kier molecular flexibility index (Phi) is 7.66. The first-order chi connectivity index (χ1) is 11.3. The van der Waals surface area contributed by atoms with Crippen LogP contribution in [0, 0.1) is 0 Å². The summed E-state index contributed by atoms with van der Waals surface area (Å²) < 4.78 is 5.07. The van der Waals surface area contributed by atoms with Crippen LogP contribution in [0.2, 0.25) is 0 Å². The van der Waals surface area contributed by atoms with E-state index in [4.69, 9.17) is 4.74 Å². The van der Waals surface area contributed by atoms with E-state index in [-0.39, 0.29) is 0 Å². The van der Waals surface area contributed by atoms with Gasteiger partial charge >= 0.3 is 0 Å². The molecule has 1 aromatic rings. The number of methoxy groups -OCH3 is 1. The molecule has 0 aromatic carbocycles. The lowest BCUT2D eigenvalue weighted by atomic mass is 10.1. The maximum atomic E-state index is 5.07. The fourth-order valence-electron chi connectivity index (χ4n) is 2.65. The summed E-state index contributed by atoms with van der Waals surface area (Å²) in [6, 6.07) is 3.86. The highest BCUT2D eigenvalue weighted by Crippen LogP contribution is 2.08. The minimum Gasteiger partial charge on any atom is -0.481 e. The minimum absolute atomic E-state index is 0.607. The lowest BCUT2D eigenvalue weighted by Crippen LogP contribution is -2.42. The van der Waals surface area contributed by atoms with Crippen LogP contribution in [0.1, 0.15) is 31.7 Å². The second-order valence-electron chi connectivity index (χ2n) is 5.73. The van der Waals surface area contributed by atoms with Gasteiger partial charge in [0.25, 0.3) is 0 Å². The van der Waals surface area contributed by atoms with Crippen molar-refractivity contribution in [3.63, 3.8) is 0 Å². The van der Waals surface area contributed by atoms with E-state index in [1.807, 2.05) is 12.1 Å². The number of aliphatic imine (C=N–C) groups is 1. The number of rotatable bonds is 7. The third-order valence-electron chi connectivity index (χ3n) is 3.94. The highest BCUT2D eigenvalue weighted by Gasteiger charge is 2.09. The summed E-state index contributed by atoms with van der Waals surface area (Å²) in [5.41, 5.74) is 1.07. The van der Waals surface area contributed by atoms with Gasteiger partial charge in [-0.1, -0.05) is 12.5 Å². The molecule has 0 radical (unpaired) electrons. The molecular weight excluding hydrogens is 290 g/mol. The number of nitrogens with zero attached hydrogens (tertiary/aromatic N) is 3. The largest absolute Gasteiger partial charge is 0.481 e. The summed E-state index contributed by atoms with van der Waals surface area (Å²) in [4.78, 5) is 11.3. The maximum Gasteiger partial charge on any atom is 0.212 e. The van der Waals surface area contributed by atoms with E-state index < -0.39 is 0 Å². The Balaban J connectivity index is 1.78. The van der Waals surface area contributed by atoms with Gasteiger partial charge in [0.05, 0.1) is 13.7 Å². The van der Waals surface area contributed by atoms with E-state index >= 15 is 0 Å². The van der Waals surface area contributed by atoms with Gasteiger partial charge in [0.1, 0.15) is 0 Å². The molecule has 0 unspecified atom stereocenters. The van der Waals surface area contributed by atoms with Crippen LogP contribution in [0.3, 0.4) is 0 Å². The lowest BCUT2D eigenvalue weighted by Gasteiger charge is -2.26. The normalized spacial score (nSPS) is 16.2. The molecule has 1 aliphatic rings. The van der Waals surface area contributed by atoms with Gasteiger partial charge in [-0.05, 0) is 38.4 Å². The highest BCUT2D eigenvalue weighted by molar-refractivity contribution is 5.79. The molecule has 23 heavy (non-hydrogen) atoms. The highest BCUT2D eigenvalue weighted by atomic mass is 16.5. The van der Waals surface area contributed by atoms with Crippen molar-refractivity contribution in [1.29, 1.82) is 0 Å². The van der Waals surface area contributed by atoms with Gasteiger partial charge in [-0.15, -0.1) is 0 Å². The number of guanidine groups is 1. The zero-order valence-corrected chi connectivity index (χ0v) is 14.3. The average Bonchev–Trinajstić information content (AvgIpc) is 2.61. The Morgan fingerprint density at radius 2 is 2.09 bits per heavy atom. The SMILES string of the molecule is CCNC(=NCc1ccc(OC)nc1)NCCN1CCCCC1. The molecule has 2 N–H and O–H groups in total. The zero-order valence-electron chi connectivity index (χ0n) is 14.3. The quantitative estimate of drug-likeness (QED) is 0.591. The van der Waals surface area contributed by atoms with Crippen molar-refractivity contribution in [2.24, 2.45) is 4.99 Å². The first kappa shape index (κ1) is 17.5. The zero-order chi connectivity index (χ0) is 16.3. The molecule has 2 heterocycles. The van der Waals surface area contributed by atoms with Gasteiger partial charge in [-0.2, -0.15) is 0 Å². The monoisotopic (exact) mass is 319 g/mol. The molecule has 1 fully saturated rings. The Labute approximate surface area is 139 Å². The molecule has 1 saturated heterocycles. The molecule has 6 nitrogen and oxygen atoms in total. The Morgan fingerprint density at radius 1 is 1.26 bits per heavy atom. The third kappa shape index (κ3) is 6.44. The Hall–Kier alpha value is -1.82. The molecule has 0 bridgehead atoms. The molecule has 0 aliphatic carbocycles. The van der Waals surface area contributed by atoms with Crippen molar-refractivity contribution in [2.45, 2.75) is 32.7 Å². The van der Waals surface area contributed by atoms with Gasteiger partial charge in [0.15, 0.2) is 5.96 Å². The van der Waals surface area contributed by atoms with E-state index in [2.05, 4.69) is 32.4 Å². The Morgan fingerprint density at radius 3 is 2.74 bits per heavy atom. The second kappa shape index (κ2) is 10.0. The van der Waals surface area contributed by atoms with Crippen LogP contribution in [0.5, 0.6) is 5.88 Å². The van der Waals surface area contributed by atoms with Crippen LogP contribution in [0.15, 0.2) is 23.3 Å². The predicted octanol–water partition coefficient (Wildman–Crippen LogP) is 1.63. The number of ether oxygens (including phenoxy) is 1. The van der Waals surface area contributed by atoms with Crippen molar-refractivity contribution in [3.8, 4) is 5.88 Å². The van der Waals surface area contributed by atoms with Crippen molar-refractivity contribution in [3.05, 3.63) is 23.9 Å².